The Morgan fingerprint density at radius 2 is 2.07 bits per heavy atom. The number of hydrogen-bond acceptors (Lipinski definition) is 3. The summed E-state index contributed by atoms with van der Waals surface area (Å²) in [6.07, 6.45) is 1.78. The van der Waals surface area contributed by atoms with Crippen LogP contribution in [-0.4, -0.2) is 50.8 Å². The maximum Gasteiger partial charge on any atom is 0.387 e. The zero-order valence-electron chi connectivity index (χ0n) is 16.4. The maximum atomic E-state index is 12.5. The van der Waals surface area contributed by atoms with Gasteiger partial charge in [0.1, 0.15) is 0 Å². The summed E-state index contributed by atoms with van der Waals surface area (Å²) < 4.78 is 34.7. The van der Waals surface area contributed by atoms with Gasteiger partial charge in [-0.25, -0.2) is 0 Å². The van der Waals surface area contributed by atoms with Gasteiger partial charge in [0.2, 0.25) is 0 Å². The molecule has 1 N–H and O–H groups in total. The van der Waals surface area contributed by atoms with Crippen LogP contribution in [0.5, 0.6) is 11.5 Å². The molecule has 0 amide bonds. The molecule has 0 atom stereocenters. The molecule has 0 saturated carbocycles. The van der Waals surface area contributed by atoms with Gasteiger partial charge in [-0.05, 0) is 42.9 Å². The van der Waals surface area contributed by atoms with E-state index in [-0.39, 0.29) is 29.7 Å². The van der Waals surface area contributed by atoms with E-state index in [1.54, 1.807) is 12.1 Å². The van der Waals surface area contributed by atoms with Crippen molar-refractivity contribution in [1.82, 2.24) is 10.2 Å². The molecular formula is C19H30F2IN3O2. The second-order valence-corrected chi connectivity index (χ2v) is 7.19. The zero-order valence-corrected chi connectivity index (χ0v) is 18.8. The molecule has 0 aliphatic carbocycles. The smallest absolute Gasteiger partial charge is 0.387 e. The molecule has 0 bridgehead atoms. The molecule has 1 aliphatic heterocycles. The van der Waals surface area contributed by atoms with Gasteiger partial charge in [0.15, 0.2) is 17.5 Å². The second kappa shape index (κ2) is 10.9. The van der Waals surface area contributed by atoms with Crippen molar-refractivity contribution in [1.29, 1.82) is 0 Å². The van der Waals surface area contributed by atoms with Gasteiger partial charge in [-0.2, -0.15) is 8.78 Å². The van der Waals surface area contributed by atoms with E-state index in [1.807, 2.05) is 13.0 Å². The first-order valence-corrected chi connectivity index (χ1v) is 8.99. The maximum absolute atomic E-state index is 12.5. The van der Waals surface area contributed by atoms with Gasteiger partial charge >= 0.3 is 6.61 Å². The standard InChI is InChI=1S/C19H29F2N3O2.HI/c1-5-22-18(24-11-9-19(2,3)13-24)23-10-8-14-6-7-15(25-4)16(12-14)26-17(20)21;/h6-7,12,17H,5,8-11,13H2,1-4H3,(H,22,23);1H. The van der Waals surface area contributed by atoms with Gasteiger partial charge in [-0.3, -0.25) is 4.99 Å². The van der Waals surface area contributed by atoms with Crippen molar-refractivity contribution in [3.63, 3.8) is 0 Å². The van der Waals surface area contributed by atoms with Crippen LogP contribution < -0.4 is 14.8 Å². The molecule has 27 heavy (non-hydrogen) atoms. The van der Waals surface area contributed by atoms with Gasteiger partial charge in [0.25, 0.3) is 0 Å². The van der Waals surface area contributed by atoms with Crippen molar-refractivity contribution in [3.05, 3.63) is 23.8 Å². The number of likely N-dealkylation sites (tertiary alicyclic amines) is 1. The average molecular weight is 497 g/mol. The van der Waals surface area contributed by atoms with E-state index in [1.165, 1.54) is 7.11 Å². The Morgan fingerprint density at radius 1 is 1.33 bits per heavy atom. The Hall–Kier alpha value is -1.32. The number of hydrogen-bond donors (Lipinski definition) is 1. The summed E-state index contributed by atoms with van der Waals surface area (Å²) in [6, 6.07) is 5.08. The molecule has 5 nitrogen and oxygen atoms in total. The van der Waals surface area contributed by atoms with E-state index in [0.717, 1.165) is 37.6 Å². The molecule has 0 spiro atoms. The number of halogens is 3. The van der Waals surface area contributed by atoms with Crippen LogP contribution in [0.3, 0.4) is 0 Å². The summed E-state index contributed by atoms with van der Waals surface area (Å²) in [4.78, 5) is 6.98. The highest BCUT2D eigenvalue weighted by atomic mass is 127. The molecule has 1 aromatic rings. The number of benzene rings is 1. The van der Waals surface area contributed by atoms with Gasteiger partial charge in [0.05, 0.1) is 7.11 Å². The van der Waals surface area contributed by atoms with Crippen molar-refractivity contribution in [3.8, 4) is 11.5 Å². The minimum atomic E-state index is -2.88. The Bertz CT molecular complexity index is 627. The summed E-state index contributed by atoms with van der Waals surface area (Å²) in [6.45, 7) is 7.05. The van der Waals surface area contributed by atoms with Gasteiger partial charge in [-0.15, -0.1) is 24.0 Å². The predicted molar refractivity (Wildman–Crippen MR) is 115 cm³/mol. The molecule has 1 aliphatic rings. The van der Waals surface area contributed by atoms with Crippen molar-refractivity contribution in [2.75, 3.05) is 33.3 Å². The molecule has 2 rings (SSSR count). The highest BCUT2D eigenvalue weighted by Gasteiger charge is 2.30. The SMILES string of the molecule is CCNC(=NCCc1ccc(OC)c(OC(F)F)c1)N1CCC(C)(C)C1.I. The number of rotatable bonds is 7. The zero-order chi connectivity index (χ0) is 19.2. The van der Waals surface area contributed by atoms with E-state index in [2.05, 4.69) is 28.8 Å². The largest absolute Gasteiger partial charge is 0.493 e. The number of alkyl halides is 2. The number of guanidine groups is 1. The normalized spacial score (nSPS) is 16.3. The quantitative estimate of drug-likeness (QED) is 0.349. The van der Waals surface area contributed by atoms with Crippen LogP contribution in [0, 0.1) is 5.41 Å². The fourth-order valence-electron chi connectivity index (χ4n) is 3.07. The third kappa shape index (κ3) is 7.31. The molecule has 1 fully saturated rings. The Balaban J connectivity index is 0.00000364. The van der Waals surface area contributed by atoms with E-state index >= 15 is 0 Å². The van der Waals surface area contributed by atoms with Gasteiger partial charge in [0, 0.05) is 26.2 Å². The van der Waals surface area contributed by atoms with Crippen molar-refractivity contribution >= 4 is 29.9 Å². The van der Waals surface area contributed by atoms with Crippen molar-refractivity contribution in [2.24, 2.45) is 10.4 Å². The highest BCUT2D eigenvalue weighted by Crippen LogP contribution is 2.30. The fourth-order valence-corrected chi connectivity index (χ4v) is 3.07. The van der Waals surface area contributed by atoms with E-state index in [0.29, 0.717) is 24.1 Å². The number of nitrogens with zero attached hydrogens (tertiary/aromatic N) is 2. The molecule has 154 valence electrons. The molecule has 1 heterocycles. The lowest BCUT2D eigenvalue weighted by molar-refractivity contribution is -0.0512. The van der Waals surface area contributed by atoms with Crippen molar-refractivity contribution in [2.45, 2.75) is 40.2 Å². The van der Waals surface area contributed by atoms with Crippen LogP contribution >= 0.6 is 24.0 Å². The van der Waals surface area contributed by atoms with E-state index < -0.39 is 6.61 Å². The number of nitrogens with one attached hydrogen (secondary N) is 1. The lowest BCUT2D eigenvalue weighted by Crippen LogP contribution is -2.40. The predicted octanol–water partition coefficient (Wildman–Crippen LogP) is 4.15. The summed E-state index contributed by atoms with van der Waals surface area (Å²) in [5.74, 6) is 1.26. The third-order valence-corrected chi connectivity index (χ3v) is 4.42. The minimum absolute atomic E-state index is 0. The monoisotopic (exact) mass is 497 g/mol. The average Bonchev–Trinajstić information content (AvgIpc) is 2.93. The van der Waals surface area contributed by atoms with Crippen LogP contribution in [0.1, 0.15) is 32.8 Å². The van der Waals surface area contributed by atoms with Crippen LogP contribution in [0.2, 0.25) is 0 Å². The summed E-state index contributed by atoms with van der Waals surface area (Å²) in [5, 5.41) is 3.34. The molecule has 8 heteroatoms. The first-order chi connectivity index (χ1) is 12.3. The van der Waals surface area contributed by atoms with E-state index in [9.17, 15) is 8.78 Å². The first-order valence-electron chi connectivity index (χ1n) is 8.99. The Kier molecular flexibility index (Phi) is 9.55. The van der Waals surface area contributed by atoms with Crippen LogP contribution in [-0.2, 0) is 6.42 Å². The van der Waals surface area contributed by atoms with Crippen LogP contribution in [0.25, 0.3) is 0 Å². The second-order valence-electron chi connectivity index (χ2n) is 7.19. The molecule has 0 aromatic heterocycles. The minimum Gasteiger partial charge on any atom is -0.493 e. The third-order valence-electron chi connectivity index (χ3n) is 4.42. The Morgan fingerprint density at radius 3 is 2.63 bits per heavy atom. The van der Waals surface area contributed by atoms with Crippen LogP contribution in [0.4, 0.5) is 8.78 Å². The number of methoxy groups -OCH3 is 1. The molecule has 0 radical (unpaired) electrons. The first kappa shape index (κ1) is 23.7. The number of ether oxygens (including phenoxy) is 2. The highest BCUT2D eigenvalue weighted by molar-refractivity contribution is 14.0. The van der Waals surface area contributed by atoms with E-state index in [4.69, 9.17) is 9.73 Å². The lowest BCUT2D eigenvalue weighted by Gasteiger charge is -2.23. The lowest BCUT2D eigenvalue weighted by atomic mass is 9.93. The van der Waals surface area contributed by atoms with Crippen molar-refractivity contribution < 1.29 is 18.3 Å². The van der Waals surface area contributed by atoms with Crippen LogP contribution in [0.15, 0.2) is 23.2 Å². The number of aliphatic imine (C=N–C) groups is 1. The summed E-state index contributed by atoms with van der Waals surface area (Å²) in [7, 11) is 1.43. The Labute approximate surface area is 177 Å². The fraction of sp³-hybridized carbons (Fsp3) is 0.632. The molecule has 0 unspecified atom stereocenters. The summed E-state index contributed by atoms with van der Waals surface area (Å²) >= 11 is 0. The molecular weight excluding hydrogens is 467 g/mol. The van der Waals surface area contributed by atoms with Gasteiger partial charge < -0.3 is 19.7 Å². The molecule has 1 saturated heterocycles. The summed E-state index contributed by atoms with van der Waals surface area (Å²) in [5.41, 5.74) is 1.18. The molecule has 1 aromatic carbocycles. The van der Waals surface area contributed by atoms with Gasteiger partial charge in [-0.1, -0.05) is 19.9 Å². The topological polar surface area (TPSA) is 46.1 Å².